The van der Waals surface area contributed by atoms with Gasteiger partial charge >= 0.3 is 11.7 Å². The summed E-state index contributed by atoms with van der Waals surface area (Å²) in [6, 6.07) is 3.43. The molecule has 0 spiro atoms. The molecule has 0 unspecified atom stereocenters. The molecule has 1 aromatic heterocycles. The monoisotopic (exact) mass is 284 g/mol. The summed E-state index contributed by atoms with van der Waals surface area (Å²) >= 11 is 3.27. The van der Waals surface area contributed by atoms with Gasteiger partial charge in [-0.3, -0.25) is 4.57 Å². The van der Waals surface area contributed by atoms with Gasteiger partial charge < -0.3 is 9.72 Å². The van der Waals surface area contributed by atoms with Crippen LogP contribution in [0.25, 0.3) is 11.0 Å². The maximum absolute atomic E-state index is 11.6. The van der Waals surface area contributed by atoms with E-state index >= 15 is 0 Å². The maximum atomic E-state index is 11.6. The number of hydrogen-bond acceptors (Lipinski definition) is 3. The van der Waals surface area contributed by atoms with E-state index in [2.05, 4.69) is 20.9 Å². The van der Waals surface area contributed by atoms with Gasteiger partial charge in [-0.2, -0.15) is 0 Å². The number of carbonyl (C=O) groups excluding carboxylic acids is 1. The minimum atomic E-state index is -0.480. The topological polar surface area (TPSA) is 64.1 Å². The zero-order valence-corrected chi connectivity index (χ0v) is 10.3. The van der Waals surface area contributed by atoms with Crippen LogP contribution in [0.2, 0.25) is 0 Å². The molecule has 0 saturated carbocycles. The number of ether oxygens (including phenoxy) is 1. The molecule has 0 aliphatic carbocycles. The van der Waals surface area contributed by atoms with Gasteiger partial charge in [0.25, 0.3) is 0 Å². The molecular weight excluding hydrogens is 276 g/mol. The molecule has 6 heteroatoms. The number of hydrogen-bond donors (Lipinski definition) is 1. The summed E-state index contributed by atoms with van der Waals surface area (Å²) in [5.74, 6) is -0.480. The van der Waals surface area contributed by atoms with Crippen LogP contribution in [0.15, 0.2) is 21.4 Å². The number of aryl methyl sites for hydroxylation is 1. The Morgan fingerprint density at radius 2 is 2.19 bits per heavy atom. The van der Waals surface area contributed by atoms with E-state index < -0.39 is 5.97 Å². The Morgan fingerprint density at radius 3 is 2.81 bits per heavy atom. The number of imidazole rings is 1. The van der Waals surface area contributed by atoms with Crippen molar-refractivity contribution < 1.29 is 9.53 Å². The van der Waals surface area contributed by atoms with Gasteiger partial charge in [-0.05, 0) is 28.1 Å². The van der Waals surface area contributed by atoms with Crippen LogP contribution >= 0.6 is 15.9 Å². The first-order valence-electron chi connectivity index (χ1n) is 4.51. The third-order valence-corrected chi connectivity index (χ3v) is 3.06. The van der Waals surface area contributed by atoms with Crippen LogP contribution in [0, 0.1) is 0 Å². The summed E-state index contributed by atoms with van der Waals surface area (Å²) in [5, 5.41) is 0. The van der Waals surface area contributed by atoms with Crippen LogP contribution in [0.4, 0.5) is 0 Å². The van der Waals surface area contributed by atoms with Crippen molar-refractivity contribution in [3.8, 4) is 0 Å². The van der Waals surface area contributed by atoms with Gasteiger partial charge in [-0.1, -0.05) is 0 Å². The van der Waals surface area contributed by atoms with Crippen LogP contribution in [0.1, 0.15) is 10.4 Å². The number of aromatic nitrogens is 2. The molecule has 0 saturated heterocycles. The smallest absolute Gasteiger partial charge is 0.341 e. The number of halogens is 1. The molecule has 5 nitrogen and oxygen atoms in total. The molecule has 0 radical (unpaired) electrons. The van der Waals surface area contributed by atoms with Crippen molar-refractivity contribution in [1.82, 2.24) is 9.55 Å². The number of methoxy groups -OCH3 is 1. The first-order valence-corrected chi connectivity index (χ1v) is 5.31. The lowest BCUT2D eigenvalue weighted by atomic mass is 10.2. The van der Waals surface area contributed by atoms with Crippen molar-refractivity contribution >= 4 is 32.9 Å². The summed E-state index contributed by atoms with van der Waals surface area (Å²) in [4.78, 5) is 25.7. The van der Waals surface area contributed by atoms with E-state index in [1.54, 1.807) is 19.2 Å². The largest absolute Gasteiger partial charge is 0.465 e. The third kappa shape index (κ3) is 1.46. The normalized spacial score (nSPS) is 10.7. The Balaban J connectivity index is 2.94. The molecule has 0 amide bonds. The Hall–Kier alpha value is -1.56. The molecule has 84 valence electrons. The molecule has 1 N–H and O–H groups in total. The lowest BCUT2D eigenvalue weighted by Crippen LogP contribution is -2.14. The van der Waals surface area contributed by atoms with E-state index in [0.29, 0.717) is 21.1 Å². The number of nitrogens with zero attached hydrogens (tertiary/aromatic N) is 1. The number of carbonyl (C=O) groups is 1. The van der Waals surface area contributed by atoms with E-state index in [1.165, 1.54) is 11.7 Å². The summed E-state index contributed by atoms with van der Waals surface area (Å²) in [5.41, 5.74) is 1.22. The Labute approximate surface area is 99.2 Å². The van der Waals surface area contributed by atoms with Gasteiger partial charge in [0, 0.05) is 11.5 Å². The van der Waals surface area contributed by atoms with E-state index in [9.17, 15) is 9.59 Å². The second kappa shape index (κ2) is 3.79. The maximum Gasteiger partial charge on any atom is 0.341 e. The lowest BCUT2D eigenvalue weighted by Gasteiger charge is -2.05. The number of rotatable bonds is 1. The molecule has 16 heavy (non-hydrogen) atoms. The van der Waals surface area contributed by atoms with Crippen molar-refractivity contribution in [1.29, 1.82) is 0 Å². The summed E-state index contributed by atoms with van der Waals surface area (Å²) in [7, 11) is 2.90. The predicted octanol–water partition coefficient (Wildman–Crippen LogP) is 1.42. The van der Waals surface area contributed by atoms with Crippen LogP contribution in [0.5, 0.6) is 0 Å². The third-order valence-electron chi connectivity index (χ3n) is 2.40. The highest BCUT2D eigenvalue weighted by Crippen LogP contribution is 2.25. The highest BCUT2D eigenvalue weighted by molar-refractivity contribution is 9.10. The molecule has 1 aromatic carbocycles. The molecule has 0 atom stereocenters. The fourth-order valence-electron chi connectivity index (χ4n) is 1.61. The van der Waals surface area contributed by atoms with Crippen molar-refractivity contribution in [3.63, 3.8) is 0 Å². The fourth-order valence-corrected chi connectivity index (χ4v) is 2.09. The van der Waals surface area contributed by atoms with Crippen molar-refractivity contribution in [2.45, 2.75) is 0 Å². The van der Waals surface area contributed by atoms with Crippen LogP contribution < -0.4 is 5.69 Å². The van der Waals surface area contributed by atoms with E-state index in [-0.39, 0.29) is 5.69 Å². The number of nitrogens with one attached hydrogen (secondary N) is 1. The minimum Gasteiger partial charge on any atom is -0.465 e. The van der Waals surface area contributed by atoms with Crippen molar-refractivity contribution in [2.24, 2.45) is 7.05 Å². The molecule has 2 rings (SSSR count). The molecule has 0 fully saturated rings. The van der Waals surface area contributed by atoms with Gasteiger partial charge in [0.2, 0.25) is 0 Å². The second-order valence-electron chi connectivity index (χ2n) is 3.30. The molecular formula is C10H9BrN2O3. The average Bonchev–Trinajstić information content (AvgIpc) is 2.55. The van der Waals surface area contributed by atoms with E-state index in [0.717, 1.165) is 0 Å². The van der Waals surface area contributed by atoms with Gasteiger partial charge in [0.15, 0.2) is 0 Å². The van der Waals surface area contributed by atoms with Crippen LogP contribution in [-0.4, -0.2) is 22.6 Å². The Kier molecular flexibility index (Phi) is 2.59. The molecule has 0 aliphatic heterocycles. The zero-order valence-electron chi connectivity index (χ0n) is 8.70. The van der Waals surface area contributed by atoms with Gasteiger partial charge in [-0.25, -0.2) is 9.59 Å². The molecule has 0 bridgehead atoms. The standard InChI is InChI=1S/C10H9BrN2O3/c1-13-8-6(12-10(13)15)4-3-5(11)7(8)9(14)16-2/h3-4H,1-2H3,(H,12,15). The molecule has 0 aliphatic rings. The van der Waals surface area contributed by atoms with Crippen molar-refractivity contribution in [2.75, 3.05) is 7.11 Å². The average molecular weight is 285 g/mol. The molecule has 2 aromatic rings. The SMILES string of the molecule is COC(=O)c1c(Br)ccc2[nH]c(=O)n(C)c12. The van der Waals surface area contributed by atoms with E-state index in [1.807, 2.05) is 0 Å². The Bertz CT molecular complexity index is 627. The first-order chi connectivity index (χ1) is 7.56. The zero-order chi connectivity index (χ0) is 11.9. The molecule has 1 heterocycles. The minimum absolute atomic E-state index is 0.266. The highest BCUT2D eigenvalue weighted by Gasteiger charge is 2.18. The number of esters is 1. The quantitative estimate of drug-likeness (QED) is 0.806. The summed E-state index contributed by atoms with van der Waals surface area (Å²) < 4.78 is 6.67. The summed E-state index contributed by atoms with van der Waals surface area (Å²) in [6.07, 6.45) is 0. The van der Waals surface area contributed by atoms with Crippen LogP contribution in [-0.2, 0) is 11.8 Å². The Morgan fingerprint density at radius 1 is 1.50 bits per heavy atom. The van der Waals surface area contributed by atoms with Gasteiger partial charge in [0.05, 0.1) is 23.7 Å². The fraction of sp³-hybridized carbons (Fsp3) is 0.200. The van der Waals surface area contributed by atoms with E-state index in [4.69, 9.17) is 4.74 Å². The number of aromatic amines is 1. The lowest BCUT2D eigenvalue weighted by molar-refractivity contribution is 0.0601. The first kappa shape index (κ1) is 10.9. The van der Waals surface area contributed by atoms with Gasteiger partial charge in [-0.15, -0.1) is 0 Å². The predicted molar refractivity (Wildman–Crippen MR) is 62.6 cm³/mol. The number of fused-ring (bicyclic) bond motifs is 1. The highest BCUT2D eigenvalue weighted by atomic mass is 79.9. The van der Waals surface area contributed by atoms with Gasteiger partial charge in [0.1, 0.15) is 0 Å². The number of H-pyrrole nitrogens is 1. The second-order valence-corrected chi connectivity index (χ2v) is 4.15. The van der Waals surface area contributed by atoms with Crippen LogP contribution in [0.3, 0.4) is 0 Å². The summed E-state index contributed by atoms with van der Waals surface area (Å²) in [6.45, 7) is 0. The van der Waals surface area contributed by atoms with Crippen molar-refractivity contribution in [3.05, 3.63) is 32.7 Å². The number of benzene rings is 1.